The number of aliphatic hydroxyl groups excluding tert-OH is 1. The van der Waals surface area contributed by atoms with Gasteiger partial charge in [-0.1, -0.05) is 103 Å². The van der Waals surface area contributed by atoms with Crippen molar-refractivity contribution in [2.24, 2.45) is 11.8 Å². The molecule has 1 aromatic carbocycles. The molecule has 0 heterocycles. The van der Waals surface area contributed by atoms with Crippen molar-refractivity contribution >= 4 is 23.8 Å². The number of rotatable bonds is 18. The van der Waals surface area contributed by atoms with Crippen molar-refractivity contribution in [1.29, 1.82) is 0 Å². The fraction of sp³-hybridized carbons (Fsp3) is 0.676. The maximum Gasteiger partial charge on any atom is 0.408 e. The summed E-state index contributed by atoms with van der Waals surface area (Å²) in [7, 11) is 0. The molecule has 1 unspecified atom stereocenters. The molecule has 0 aromatic heterocycles. The topological polar surface area (TPSA) is 146 Å². The fourth-order valence-electron chi connectivity index (χ4n) is 5.74. The number of hydrogen-bond donors (Lipinski definition) is 5. The summed E-state index contributed by atoms with van der Waals surface area (Å²) in [5, 5.41) is 22.8. The molecule has 1 aliphatic carbocycles. The van der Waals surface area contributed by atoms with Crippen molar-refractivity contribution in [3.8, 4) is 0 Å². The highest BCUT2D eigenvalue weighted by atomic mass is 16.6. The van der Waals surface area contributed by atoms with E-state index in [0.29, 0.717) is 31.7 Å². The summed E-state index contributed by atoms with van der Waals surface area (Å²) in [6.07, 6.45) is 6.34. The molecule has 1 aromatic rings. The van der Waals surface area contributed by atoms with Crippen molar-refractivity contribution in [2.45, 2.75) is 142 Å². The summed E-state index contributed by atoms with van der Waals surface area (Å²) < 4.78 is 5.43. The number of hydrogen-bond acceptors (Lipinski definition) is 6. The average Bonchev–Trinajstić information content (AvgIpc) is 3.01. The largest absolute Gasteiger partial charge is 0.444 e. The van der Waals surface area contributed by atoms with Crippen LogP contribution in [0.3, 0.4) is 0 Å². The lowest BCUT2D eigenvalue weighted by Gasteiger charge is -2.32. The second-order valence-corrected chi connectivity index (χ2v) is 14.4. The van der Waals surface area contributed by atoms with Crippen LogP contribution in [0.1, 0.15) is 111 Å². The molecule has 2 rings (SSSR count). The quantitative estimate of drug-likeness (QED) is 0.135. The molecule has 0 aliphatic heterocycles. The number of nitrogens with one attached hydrogen (secondary N) is 4. The first kappa shape index (κ1) is 39.8. The number of carbonyl (C=O) groups excluding carboxylic acids is 4. The first-order valence-electron chi connectivity index (χ1n) is 17.5. The summed E-state index contributed by atoms with van der Waals surface area (Å²) in [5.74, 6) is -0.607. The van der Waals surface area contributed by atoms with Crippen LogP contribution in [-0.2, 0) is 25.5 Å². The first-order valence-corrected chi connectivity index (χ1v) is 17.5. The Morgan fingerprint density at radius 3 is 2.19 bits per heavy atom. The molecule has 4 atom stereocenters. The average molecular weight is 657 g/mol. The number of aliphatic hydroxyl groups is 1. The third kappa shape index (κ3) is 15.8. The summed E-state index contributed by atoms with van der Waals surface area (Å²) in [5.41, 5.74) is 0.344. The van der Waals surface area contributed by atoms with Gasteiger partial charge in [-0.3, -0.25) is 14.4 Å². The fourth-order valence-corrected chi connectivity index (χ4v) is 5.74. The highest BCUT2D eigenvalue weighted by Gasteiger charge is 2.32. The van der Waals surface area contributed by atoms with Crippen LogP contribution in [0, 0.1) is 11.8 Å². The second-order valence-electron chi connectivity index (χ2n) is 14.4. The monoisotopic (exact) mass is 656 g/mol. The van der Waals surface area contributed by atoms with Crippen LogP contribution in [-0.4, -0.2) is 65.3 Å². The predicted octanol–water partition coefficient (Wildman–Crippen LogP) is 5.33. The van der Waals surface area contributed by atoms with Gasteiger partial charge in [-0.05, 0) is 51.0 Å². The van der Waals surface area contributed by atoms with Crippen molar-refractivity contribution in [1.82, 2.24) is 21.3 Å². The van der Waals surface area contributed by atoms with Gasteiger partial charge in [-0.2, -0.15) is 0 Å². The van der Waals surface area contributed by atoms with Crippen LogP contribution in [0.5, 0.6) is 0 Å². The van der Waals surface area contributed by atoms with Gasteiger partial charge in [0, 0.05) is 25.0 Å². The zero-order chi connectivity index (χ0) is 35.0. The normalized spacial score (nSPS) is 16.3. The van der Waals surface area contributed by atoms with Gasteiger partial charge < -0.3 is 31.1 Å². The van der Waals surface area contributed by atoms with Gasteiger partial charge in [0.15, 0.2) is 0 Å². The van der Waals surface area contributed by atoms with Crippen molar-refractivity contribution in [3.63, 3.8) is 0 Å². The number of benzene rings is 1. The van der Waals surface area contributed by atoms with E-state index in [1.165, 1.54) is 6.42 Å². The van der Waals surface area contributed by atoms with Gasteiger partial charge in [0.1, 0.15) is 17.7 Å². The van der Waals surface area contributed by atoms with E-state index in [9.17, 15) is 24.3 Å². The highest BCUT2D eigenvalue weighted by Crippen LogP contribution is 2.29. The summed E-state index contributed by atoms with van der Waals surface area (Å²) >= 11 is 0. The van der Waals surface area contributed by atoms with Gasteiger partial charge in [0.25, 0.3) is 0 Å². The van der Waals surface area contributed by atoms with Crippen LogP contribution in [0.2, 0.25) is 0 Å². The Morgan fingerprint density at radius 1 is 0.957 bits per heavy atom. The predicted molar refractivity (Wildman–Crippen MR) is 185 cm³/mol. The Labute approximate surface area is 282 Å². The van der Waals surface area contributed by atoms with Crippen molar-refractivity contribution in [3.05, 3.63) is 48.0 Å². The molecule has 0 spiro atoms. The lowest BCUT2D eigenvalue weighted by atomic mass is 9.83. The molecule has 10 heteroatoms. The smallest absolute Gasteiger partial charge is 0.408 e. The number of ether oxygens (including phenoxy) is 1. The minimum absolute atomic E-state index is 0.0204. The van der Waals surface area contributed by atoms with Gasteiger partial charge in [-0.25, -0.2) is 4.79 Å². The molecule has 0 bridgehead atoms. The number of carbonyl (C=O) groups is 4. The highest BCUT2D eigenvalue weighted by molar-refractivity contribution is 5.93. The molecular formula is C37H60N4O6. The second kappa shape index (κ2) is 20.1. The third-order valence-corrected chi connectivity index (χ3v) is 8.32. The summed E-state index contributed by atoms with van der Waals surface area (Å²) in [4.78, 5) is 52.9. The number of unbranched alkanes of at least 4 members (excludes halogenated alkanes) is 1. The first-order chi connectivity index (χ1) is 22.2. The zero-order valence-corrected chi connectivity index (χ0v) is 29.5. The van der Waals surface area contributed by atoms with Crippen LogP contribution in [0.4, 0.5) is 4.79 Å². The molecule has 0 radical (unpaired) electrons. The Balaban J connectivity index is 2.24. The summed E-state index contributed by atoms with van der Waals surface area (Å²) in [6.45, 7) is 15.7. The van der Waals surface area contributed by atoms with E-state index in [0.717, 1.165) is 37.7 Å². The maximum absolute atomic E-state index is 13.9. The molecule has 1 aliphatic rings. The molecular weight excluding hydrogens is 596 g/mol. The lowest BCUT2D eigenvalue weighted by molar-refractivity contribution is -0.131. The maximum atomic E-state index is 13.9. The van der Waals surface area contributed by atoms with Crippen LogP contribution >= 0.6 is 0 Å². The SMILES string of the molecule is C=C(C[C@H](O)[C@H](CC1CCCCC1)NC(=O)C(CCCC)NC(=O)[C@H](Cc1ccccc1)NC(=O)OC(C)(C)C)C(=O)NCC(C)C. The molecule has 264 valence electrons. The molecule has 1 fully saturated rings. The van der Waals surface area contributed by atoms with E-state index in [1.54, 1.807) is 20.8 Å². The minimum atomic E-state index is -1.03. The van der Waals surface area contributed by atoms with Crippen molar-refractivity contribution < 1.29 is 29.0 Å². The summed E-state index contributed by atoms with van der Waals surface area (Å²) in [6, 6.07) is 6.82. The molecule has 10 nitrogen and oxygen atoms in total. The van der Waals surface area contributed by atoms with E-state index >= 15 is 0 Å². The zero-order valence-electron chi connectivity index (χ0n) is 29.5. The van der Waals surface area contributed by atoms with E-state index in [-0.39, 0.29) is 30.2 Å². The number of amides is 4. The van der Waals surface area contributed by atoms with Crippen LogP contribution < -0.4 is 21.3 Å². The van der Waals surface area contributed by atoms with Gasteiger partial charge >= 0.3 is 6.09 Å². The molecule has 47 heavy (non-hydrogen) atoms. The van der Waals surface area contributed by atoms with E-state index in [4.69, 9.17) is 4.74 Å². The molecule has 5 N–H and O–H groups in total. The van der Waals surface area contributed by atoms with Crippen LogP contribution in [0.15, 0.2) is 42.5 Å². The molecule has 1 saturated carbocycles. The van der Waals surface area contributed by atoms with E-state index in [1.807, 2.05) is 51.1 Å². The van der Waals surface area contributed by atoms with Crippen LogP contribution in [0.25, 0.3) is 0 Å². The van der Waals surface area contributed by atoms with Gasteiger partial charge in [0.2, 0.25) is 17.7 Å². The molecule has 0 saturated heterocycles. The van der Waals surface area contributed by atoms with E-state index in [2.05, 4.69) is 27.8 Å². The Morgan fingerprint density at radius 2 is 1.60 bits per heavy atom. The number of alkyl carbamates (subject to hydrolysis) is 1. The Kier molecular flexibility index (Phi) is 17.0. The van der Waals surface area contributed by atoms with Gasteiger partial charge in [-0.15, -0.1) is 0 Å². The minimum Gasteiger partial charge on any atom is -0.444 e. The Bertz CT molecular complexity index is 1140. The molecule has 4 amide bonds. The van der Waals surface area contributed by atoms with Crippen molar-refractivity contribution in [2.75, 3.05) is 6.54 Å². The van der Waals surface area contributed by atoms with Gasteiger partial charge in [0.05, 0.1) is 12.1 Å². The lowest BCUT2D eigenvalue weighted by Crippen LogP contribution is -2.57. The Hall–Kier alpha value is -3.40. The third-order valence-electron chi connectivity index (χ3n) is 8.32. The van der Waals surface area contributed by atoms with E-state index < -0.39 is 47.7 Å². The standard InChI is InChI=1S/C37H60N4O6/c1-8-9-20-29(39-35(45)31(23-28-18-14-11-15-19-28)41-36(46)47-37(5,6)7)34(44)40-30(22-27-16-12-10-13-17-27)32(42)21-26(4)33(43)38-24-25(2)3/h11,14-15,18-19,25,27,29-32,42H,4,8-10,12-13,16-17,20-24H2,1-3,5-7H3,(H,38,43)(H,39,45)(H,40,44)(H,41,46)/t29?,30-,31-,32-/m0/s1.